The second-order valence-electron chi connectivity index (χ2n) is 4.76. The van der Waals surface area contributed by atoms with Crippen molar-refractivity contribution in [1.29, 1.82) is 0 Å². The highest BCUT2D eigenvalue weighted by Gasteiger charge is 2.17. The van der Waals surface area contributed by atoms with Crippen LogP contribution in [0.5, 0.6) is 5.75 Å². The Balaban J connectivity index is 2.00. The minimum atomic E-state index is -0.932. The Hall–Kier alpha value is -2.96. The molecule has 0 saturated carbocycles. The number of carbonyl (C=O) groups excluding carboxylic acids is 2. The first-order valence-electron chi connectivity index (χ1n) is 6.69. The summed E-state index contributed by atoms with van der Waals surface area (Å²) in [6.45, 7) is 1.47. The number of hydrogen-bond donors (Lipinski definition) is 2. The monoisotopic (exact) mass is 320 g/mol. The number of amides is 2. The molecule has 0 aliphatic heterocycles. The van der Waals surface area contributed by atoms with Gasteiger partial charge in [-0.25, -0.2) is 8.78 Å². The molecule has 0 spiro atoms. The molecule has 2 aromatic carbocycles. The Morgan fingerprint density at radius 1 is 1.13 bits per heavy atom. The van der Waals surface area contributed by atoms with Crippen LogP contribution in [0.3, 0.4) is 0 Å². The minimum absolute atomic E-state index is 0.143. The van der Waals surface area contributed by atoms with Crippen LogP contribution in [-0.4, -0.2) is 17.9 Å². The van der Waals surface area contributed by atoms with E-state index in [1.165, 1.54) is 31.2 Å². The molecule has 0 fully saturated rings. The van der Waals surface area contributed by atoms with Crippen LogP contribution in [0.2, 0.25) is 0 Å². The Morgan fingerprint density at radius 3 is 2.35 bits per heavy atom. The number of ether oxygens (including phenoxy) is 1. The van der Waals surface area contributed by atoms with E-state index in [0.717, 1.165) is 12.1 Å². The summed E-state index contributed by atoms with van der Waals surface area (Å²) >= 11 is 0. The highest BCUT2D eigenvalue weighted by Crippen LogP contribution is 2.17. The van der Waals surface area contributed by atoms with Crippen molar-refractivity contribution in [1.82, 2.24) is 0 Å². The number of halogens is 2. The van der Waals surface area contributed by atoms with Crippen LogP contribution in [0, 0.1) is 11.6 Å². The number of nitrogens with one attached hydrogen (secondary N) is 1. The second-order valence-corrected chi connectivity index (χ2v) is 4.76. The lowest BCUT2D eigenvalue weighted by molar-refractivity contribution is -0.122. The van der Waals surface area contributed by atoms with E-state index in [1.54, 1.807) is 0 Å². The van der Waals surface area contributed by atoms with Gasteiger partial charge in [-0.05, 0) is 43.3 Å². The summed E-state index contributed by atoms with van der Waals surface area (Å²) in [6, 6.07) is 8.72. The molecule has 1 unspecified atom stereocenters. The van der Waals surface area contributed by atoms with Gasteiger partial charge in [0.2, 0.25) is 5.91 Å². The maximum absolute atomic E-state index is 13.5. The van der Waals surface area contributed by atoms with Gasteiger partial charge in [-0.1, -0.05) is 0 Å². The van der Waals surface area contributed by atoms with Gasteiger partial charge in [0.15, 0.2) is 6.10 Å². The zero-order chi connectivity index (χ0) is 17.0. The van der Waals surface area contributed by atoms with Gasteiger partial charge in [0, 0.05) is 11.6 Å². The fourth-order valence-electron chi connectivity index (χ4n) is 1.78. The van der Waals surface area contributed by atoms with E-state index in [1.807, 2.05) is 0 Å². The molecule has 3 N–H and O–H groups in total. The molecule has 0 aliphatic rings. The minimum Gasteiger partial charge on any atom is -0.481 e. The van der Waals surface area contributed by atoms with E-state index in [4.69, 9.17) is 10.5 Å². The smallest absolute Gasteiger partial charge is 0.265 e. The Labute approximate surface area is 131 Å². The fourth-order valence-corrected chi connectivity index (χ4v) is 1.78. The Bertz CT molecular complexity index is 733. The molecular formula is C16H14F2N2O3. The molecule has 0 aromatic heterocycles. The topological polar surface area (TPSA) is 81.4 Å². The van der Waals surface area contributed by atoms with Gasteiger partial charge in [0.05, 0.1) is 5.69 Å². The van der Waals surface area contributed by atoms with Gasteiger partial charge in [-0.2, -0.15) is 0 Å². The van der Waals surface area contributed by atoms with Crippen LogP contribution in [0.1, 0.15) is 17.3 Å². The van der Waals surface area contributed by atoms with Gasteiger partial charge in [-0.15, -0.1) is 0 Å². The maximum atomic E-state index is 13.5. The molecule has 120 valence electrons. The zero-order valence-electron chi connectivity index (χ0n) is 12.2. The molecule has 1 atom stereocenters. The fraction of sp³-hybridized carbons (Fsp3) is 0.125. The predicted octanol–water partition coefficient (Wildman–Crippen LogP) is 2.47. The van der Waals surface area contributed by atoms with Gasteiger partial charge in [0.25, 0.3) is 5.91 Å². The van der Waals surface area contributed by atoms with Crippen LogP contribution in [-0.2, 0) is 4.79 Å². The second kappa shape index (κ2) is 6.87. The maximum Gasteiger partial charge on any atom is 0.265 e. The third-order valence-electron chi connectivity index (χ3n) is 3.01. The summed E-state index contributed by atoms with van der Waals surface area (Å²) in [6.07, 6.45) is -0.932. The van der Waals surface area contributed by atoms with Crippen molar-refractivity contribution < 1.29 is 23.1 Å². The van der Waals surface area contributed by atoms with Crippen molar-refractivity contribution in [2.24, 2.45) is 5.73 Å². The Morgan fingerprint density at radius 2 is 1.78 bits per heavy atom. The number of rotatable bonds is 5. The molecular weight excluding hydrogens is 306 g/mol. The van der Waals surface area contributed by atoms with Gasteiger partial charge in [-0.3, -0.25) is 9.59 Å². The number of anilines is 1. The van der Waals surface area contributed by atoms with E-state index in [2.05, 4.69) is 5.32 Å². The van der Waals surface area contributed by atoms with Gasteiger partial charge >= 0.3 is 0 Å². The molecule has 7 heteroatoms. The third-order valence-corrected chi connectivity index (χ3v) is 3.01. The van der Waals surface area contributed by atoms with E-state index in [-0.39, 0.29) is 5.69 Å². The normalized spacial score (nSPS) is 11.6. The summed E-state index contributed by atoms with van der Waals surface area (Å²) in [5, 5.41) is 2.31. The molecule has 0 bridgehead atoms. The molecule has 0 radical (unpaired) electrons. The molecule has 0 aliphatic carbocycles. The summed E-state index contributed by atoms with van der Waals surface area (Å²) < 4.78 is 31.7. The molecule has 23 heavy (non-hydrogen) atoms. The number of carbonyl (C=O) groups is 2. The molecule has 2 amide bonds. The van der Waals surface area contributed by atoms with Crippen molar-refractivity contribution >= 4 is 17.5 Å². The number of primary amides is 1. The van der Waals surface area contributed by atoms with Gasteiger partial charge in [0.1, 0.15) is 17.4 Å². The zero-order valence-corrected chi connectivity index (χ0v) is 12.2. The summed E-state index contributed by atoms with van der Waals surface area (Å²) in [5.74, 6) is -2.45. The van der Waals surface area contributed by atoms with E-state index >= 15 is 0 Å². The van der Waals surface area contributed by atoms with Crippen LogP contribution >= 0.6 is 0 Å². The van der Waals surface area contributed by atoms with Crippen LogP contribution < -0.4 is 15.8 Å². The summed E-state index contributed by atoms with van der Waals surface area (Å²) in [7, 11) is 0. The third kappa shape index (κ3) is 4.26. The van der Waals surface area contributed by atoms with E-state index in [0.29, 0.717) is 17.4 Å². The quantitative estimate of drug-likeness (QED) is 0.888. The van der Waals surface area contributed by atoms with E-state index in [9.17, 15) is 18.4 Å². The number of nitrogens with two attached hydrogens (primary N) is 1. The molecule has 2 aromatic rings. The first kappa shape index (κ1) is 16.4. The van der Waals surface area contributed by atoms with Crippen molar-refractivity contribution in [2.75, 3.05) is 5.32 Å². The predicted molar refractivity (Wildman–Crippen MR) is 80.0 cm³/mol. The van der Waals surface area contributed by atoms with Crippen molar-refractivity contribution in [3.63, 3.8) is 0 Å². The average Bonchev–Trinajstić information content (AvgIpc) is 2.50. The van der Waals surface area contributed by atoms with E-state index < -0.39 is 29.6 Å². The van der Waals surface area contributed by atoms with Crippen molar-refractivity contribution in [3.8, 4) is 5.75 Å². The first-order chi connectivity index (χ1) is 10.9. The summed E-state index contributed by atoms with van der Waals surface area (Å²) in [5.41, 5.74) is 5.28. The molecule has 5 nitrogen and oxygen atoms in total. The lowest BCUT2D eigenvalue weighted by atomic mass is 10.2. The highest BCUT2D eigenvalue weighted by molar-refractivity contribution is 5.94. The first-order valence-corrected chi connectivity index (χ1v) is 6.69. The highest BCUT2D eigenvalue weighted by atomic mass is 19.1. The molecule has 0 heterocycles. The number of benzene rings is 2. The lowest BCUT2D eigenvalue weighted by Gasteiger charge is -2.15. The SMILES string of the molecule is CC(Oc1ccc(C(N)=O)cc1)C(=O)Nc1ccc(F)cc1F. The Kier molecular flexibility index (Phi) is 4.90. The number of hydrogen-bond acceptors (Lipinski definition) is 3. The molecule has 2 rings (SSSR count). The largest absolute Gasteiger partial charge is 0.481 e. The molecule has 0 saturated heterocycles. The average molecular weight is 320 g/mol. The van der Waals surface area contributed by atoms with Crippen LogP contribution in [0.25, 0.3) is 0 Å². The standard InChI is InChI=1S/C16H14F2N2O3/c1-9(23-12-5-2-10(3-6-12)15(19)21)16(22)20-14-7-4-11(17)8-13(14)18/h2-9H,1H3,(H2,19,21)(H,20,22). The van der Waals surface area contributed by atoms with Crippen molar-refractivity contribution in [3.05, 3.63) is 59.7 Å². The lowest BCUT2D eigenvalue weighted by Crippen LogP contribution is -2.30. The van der Waals surface area contributed by atoms with Crippen molar-refractivity contribution in [2.45, 2.75) is 13.0 Å². The van der Waals surface area contributed by atoms with Gasteiger partial charge < -0.3 is 15.8 Å². The van der Waals surface area contributed by atoms with Crippen LogP contribution in [0.15, 0.2) is 42.5 Å². The summed E-state index contributed by atoms with van der Waals surface area (Å²) in [4.78, 5) is 22.9. The van der Waals surface area contributed by atoms with Crippen LogP contribution in [0.4, 0.5) is 14.5 Å².